The maximum absolute atomic E-state index is 12.6. The molecule has 1 aromatic rings. The van der Waals surface area contributed by atoms with Gasteiger partial charge in [-0.3, -0.25) is 9.59 Å². The molecule has 118 valence electrons. The molecule has 0 saturated carbocycles. The zero-order valence-electron chi connectivity index (χ0n) is 12.6. The van der Waals surface area contributed by atoms with Gasteiger partial charge in [0.05, 0.1) is 12.6 Å². The standard InChI is InChI=1S/C17H21ClN2O2/c18-14-7-2-1-6-13(14)15-8-5-11-20(15)17(22)12-19-10-4-3-9-16(19)21/h1-2,6-7,15H,3-5,8-12H2. The van der Waals surface area contributed by atoms with Crippen LogP contribution in [0.15, 0.2) is 24.3 Å². The summed E-state index contributed by atoms with van der Waals surface area (Å²) in [6.07, 6.45) is 4.42. The molecule has 2 aliphatic rings. The molecular weight excluding hydrogens is 300 g/mol. The van der Waals surface area contributed by atoms with Gasteiger partial charge in [0, 0.05) is 24.5 Å². The van der Waals surface area contributed by atoms with Gasteiger partial charge in [-0.2, -0.15) is 0 Å². The highest BCUT2D eigenvalue weighted by atomic mass is 35.5. The average molecular weight is 321 g/mol. The Morgan fingerprint density at radius 1 is 1.18 bits per heavy atom. The molecule has 1 atom stereocenters. The number of rotatable bonds is 3. The quantitative estimate of drug-likeness (QED) is 0.859. The molecule has 1 aromatic carbocycles. The SMILES string of the molecule is O=C1CCCCN1CC(=O)N1CCCC1c1ccccc1Cl. The Hall–Kier alpha value is -1.55. The summed E-state index contributed by atoms with van der Waals surface area (Å²) in [5.74, 6) is 0.144. The van der Waals surface area contributed by atoms with Crippen LogP contribution in [0.1, 0.15) is 43.7 Å². The molecule has 2 aliphatic heterocycles. The van der Waals surface area contributed by atoms with Crippen LogP contribution < -0.4 is 0 Å². The normalized spacial score (nSPS) is 22.2. The molecule has 0 N–H and O–H groups in total. The monoisotopic (exact) mass is 320 g/mol. The molecule has 2 amide bonds. The van der Waals surface area contributed by atoms with Crippen molar-refractivity contribution >= 4 is 23.4 Å². The predicted octanol–water partition coefficient (Wildman–Crippen LogP) is 3.02. The number of halogens is 1. The maximum Gasteiger partial charge on any atom is 0.242 e. The van der Waals surface area contributed by atoms with E-state index in [1.807, 2.05) is 29.2 Å². The average Bonchev–Trinajstić information content (AvgIpc) is 2.99. The van der Waals surface area contributed by atoms with E-state index in [4.69, 9.17) is 11.6 Å². The molecule has 0 spiro atoms. The zero-order valence-corrected chi connectivity index (χ0v) is 13.4. The van der Waals surface area contributed by atoms with E-state index in [0.29, 0.717) is 18.0 Å². The van der Waals surface area contributed by atoms with Gasteiger partial charge in [-0.15, -0.1) is 0 Å². The Balaban J connectivity index is 1.71. The Morgan fingerprint density at radius 2 is 2.00 bits per heavy atom. The number of likely N-dealkylation sites (tertiary alicyclic amines) is 2. The lowest BCUT2D eigenvalue weighted by atomic mass is 10.0. The van der Waals surface area contributed by atoms with Crippen LogP contribution in [0.4, 0.5) is 0 Å². The van der Waals surface area contributed by atoms with Crippen LogP contribution in [-0.4, -0.2) is 41.2 Å². The van der Waals surface area contributed by atoms with Crippen molar-refractivity contribution in [2.24, 2.45) is 0 Å². The summed E-state index contributed by atoms with van der Waals surface area (Å²) in [5, 5.41) is 0.709. The summed E-state index contributed by atoms with van der Waals surface area (Å²) in [4.78, 5) is 28.1. The molecule has 0 aliphatic carbocycles. The van der Waals surface area contributed by atoms with E-state index in [1.165, 1.54) is 0 Å². The number of carbonyl (C=O) groups excluding carboxylic acids is 2. The van der Waals surface area contributed by atoms with Crippen LogP contribution in [0.25, 0.3) is 0 Å². The van der Waals surface area contributed by atoms with Crippen LogP contribution in [-0.2, 0) is 9.59 Å². The fourth-order valence-electron chi connectivity index (χ4n) is 3.42. The summed E-state index contributed by atoms with van der Waals surface area (Å²) in [6.45, 7) is 1.66. The second-order valence-electron chi connectivity index (χ2n) is 6.04. The molecule has 5 heteroatoms. The van der Waals surface area contributed by atoms with Gasteiger partial charge in [0.1, 0.15) is 0 Å². The first kappa shape index (κ1) is 15.3. The van der Waals surface area contributed by atoms with E-state index in [2.05, 4.69) is 0 Å². The fraction of sp³-hybridized carbons (Fsp3) is 0.529. The molecule has 4 nitrogen and oxygen atoms in total. The smallest absolute Gasteiger partial charge is 0.242 e. The van der Waals surface area contributed by atoms with Crippen molar-refractivity contribution in [1.82, 2.24) is 9.80 Å². The number of hydrogen-bond acceptors (Lipinski definition) is 2. The minimum atomic E-state index is 0.0395. The highest BCUT2D eigenvalue weighted by molar-refractivity contribution is 6.31. The summed E-state index contributed by atoms with van der Waals surface area (Å²) in [5.41, 5.74) is 1.01. The van der Waals surface area contributed by atoms with E-state index in [1.54, 1.807) is 4.90 Å². The van der Waals surface area contributed by atoms with Gasteiger partial charge < -0.3 is 9.80 Å². The third-order valence-corrected chi connectivity index (χ3v) is 4.93. The van der Waals surface area contributed by atoms with Gasteiger partial charge >= 0.3 is 0 Å². The maximum atomic E-state index is 12.6. The Bertz CT molecular complexity index is 576. The first-order valence-corrected chi connectivity index (χ1v) is 8.36. The van der Waals surface area contributed by atoms with Crippen molar-refractivity contribution in [1.29, 1.82) is 0 Å². The third kappa shape index (κ3) is 3.12. The van der Waals surface area contributed by atoms with Gasteiger partial charge in [-0.1, -0.05) is 29.8 Å². The minimum Gasteiger partial charge on any atom is -0.334 e. The van der Waals surface area contributed by atoms with E-state index in [0.717, 1.165) is 37.8 Å². The van der Waals surface area contributed by atoms with Crippen LogP contribution in [0.3, 0.4) is 0 Å². The van der Waals surface area contributed by atoms with Crippen LogP contribution >= 0.6 is 11.6 Å². The third-order valence-electron chi connectivity index (χ3n) is 4.58. The molecule has 0 aromatic heterocycles. The number of benzene rings is 1. The van der Waals surface area contributed by atoms with E-state index >= 15 is 0 Å². The Kier molecular flexibility index (Phi) is 4.67. The molecule has 0 bridgehead atoms. The van der Waals surface area contributed by atoms with Gasteiger partial charge in [0.2, 0.25) is 11.8 Å². The van der Waals surface area contributed by atoms with Crippen molar-refractivity contribution in [3.63, 3.8) is 0 Å². The predicted molar refractivity (Wildman–Crippen MR) is 85.6 cm³/mol. The van der Waals surface area contributed by atoms with Gasteiger partial charge in [0.15, 0.2) is 0 Å². The van der Waals surface area contributed by atoms with Gasteiger partial charge in [0.25, 0.3) is 0 Å². The second-order valence-corrected chi connectivity index (χ2v) is 6.45. The lowest BCUT2D eigenvalue weighted by molar-refractivity contribution is -0.142. The molecule has 3 rings (SSSR count). The van der Waals surface area contributed by atoms with Gasteiger partial charge in [-0.05, 0) is 37.3 Å². The van der Waals surface area contributed by atoms with Crippen molar-refractivity contribution in [3.05, 3.63) is 34.9 Å². The lowest BCUT2D eigenvalue weighted by Crippen LogP contribution is -2.44. The minimum absolute atomic E-state index is 0.0395. The number of hydrogen-bond donors (Lipinski definition) is 0. The van der Waals surface area contributed by atoms with Crippen molar-refractivity contribution in [2.45, 2.75) is 38.1 Å². The van der Waals surface area contributed by atoms with E-state index < -0.39 is 0 Å². The fourth-order valence-corrected chi connectivity index (χ4v) is 3.68. The van der Waals surface area contributed by atoms with Crippen LogP contribution in [0.2, 0.25) is 5.02 Å². The number of nitrogens with zero attached hydrogens (tertiary/aromatic N) is 2. The number of piperidine rings is 1. The summed E-state index contributed by atoms with van der Waals surface area (Å²) >= 11 is 6.29. The Labute approximate surface area is 136 Å². The lowest BCUT2D eigenvalue weighted by Gasteiger charge is -2.31. The summed E-state index contributed by atoms with van der Waals surface area (Å²) in [6, 6.07) is 7.76. The summed E-state index contributed by atoms with van der Waals surface area (Å²) in [7, 11) is 0. The first-order valence-electron chi connectivity index (χ1n) is 7.98. The number of amides is 2. The van der Waals surface area contributed by atoms with Gasteiger partial charge in [-0.25, -0.2) is 0 Å². The molecule has 0 radical (unpaired) electrons. The first-order chi connectivity index (χ1) is 10.7. The Morgan fingerprint density at radius 3 is 2.77 bits per heavy atom. The summed E-state index contributed by atoms with van der Waals surface area (Å²) < 4.78 is 0. The zero-order chi connectivity index (χ0) is 15.5. The van der Waals surface area contributed by atoms with Crippen LogP contribution in [0.5, 0.6) is 0 Å². The van der Waals surface area contributed by atoms with Crippen molar-refractivity contribution in [3.8, 4) is 0 Å². The highest BCUT2D eigenvalue weighted by Crippen LogP contribution is 2.35. The highest BCUT2D eigenvalue weighted by Gasteiger charge is 2.32. The molecule has 2 fully saturated rings. The molecular formula is C17H21ClN2O2. The molecule has 1 unspecified atom stereocenters. The van der Waals surface area contributed by atoms with E-state index in [-0.39, 0.29) is 24.4 Å². The van der Waals surface area contributed by atoms with Crippen molar-refractivity contribution < 1.29 is 9.59 Å². The topological polar surface area (TPSA) is 40.6 Å². The second kappa shape index (κ2) is 6.69. The largest absolute Gasteiger partial charge is 0.334 e. The molecule has 2 heterocycles. The number of carbonyl (C=O) groups is 2. The molecule has 22 heavy (non-hydrogen) atoms. The van der Waals surface area contributed by atoms with Crippen LogP contribution in [0, 0.1) is 0 Å². The van der Waals surface area contributed by atoms with Crippen molar-refractivity contribution in [2.75, 3.05) is 19.6 Å². The van der Waals surface area contributed by atoms with E-state index in [9.17, 15) is 9.59 Å². The molecule has 2 saturated heterocycles.